The molecular weight excluding hydrogens is 262 g/mol. The van der Waals surface area contributed by atoms with Gasteiger partial charge < -0.3 is 10.4 Å². The van der Waals surface area contributed by atoms with E-state index in [1.165, 1.54) is 24.0 Å². The van der Waals surface area contributed by atoms with Gasteiger partial charge in [0.05, 0.1) is 25.0 Å². The summed E-state index contributed by atoms with van der Waals surface area (Å²) < 4.78 is 1.78. The van der Waals surface area contributed by atoms with Crippen LogP contribution in [0.1, 0.15) is 24.0 Å². The van der Waals surface area contributed by atoms with Crippen molar-refractivity contribution in [1.82, 2.24) is 9.78 Å². The van der Waals surface area contributed by atoms with Crippen molar-refractivity contribution in [2.24, 2.45) is 5.92 Å². The van der Waals surface area contributed by atoms with E-state index in [4.69, 9.17) is 5.11 Å². The van der Waals surface area contributed by atoms with Crippen LogP contribution in [0.3, 0.4) is 0 Å². The van der Waals surface area contributed by atoms with Gasteiger partial charge in [-0.15, -0.1) is 0 Å². The summed E-state index contributed by atoms with van der Waals surface area (Å²) >= 11 is 0. The van der Waals surface area contributed by atoms with Gasteiger partial charge in [-0.25, -0.2) is 0 Å². The Morgan fingerprint density at radius 2 is 2.29 bits per heavy atom. The molecule has 2 aromatic rings. The molecule has 1 unspecified atom stereocenters. The Hall–Kier alpha value is -1.81. The topological polar surface area (TPSA) is 50.1 Å². The number of hydrogen-bond donors (Lipinski definition) is 2. The first-order valence-electron chi connectivity index (χ1n) is 7.70. The molecular formula is C17H23N3O. The highest BCUT2D eigenvalue weighted by molar-refractivity contribution is 5.40. The second-order valence-corrected chi connectivity index (χ2v) is 6.00. The van der Waals surface area contributed by atoms with Crippen molar-refractivity contribution in [3.8, 4) is 0 Å². The zero-order valence-corrected chi connectivity index (χ0v) is 12.5. The fourth-order valence-corrected chi connectivity index (χ4v) is 2.80. The van der Waals surface area contributed by atoms with Gasteiger partial charge in [0, 0.05) is 12.2 Å². The summed E-state index contributed by atoms with van der Waals surface area (Å²) in [5, 5.41) is 16.8. The number of aryl methyl sites for hydroxylation is 1. The third-order valence-corrected chi connectivity index (χ3v) is 4.04. The molecule has 2 N–H and O–H groups in total. The largest absolute Gasteiger partial charge is 0.394 e. The number of benzene rings is 1. The number of nitrogens with one attached hydrogen (secondary N) is 1. The lowest BCUT2D eigenvalue weighted by atomic mass is 10.0. The van der Waals surface area contributed by atoms with Crippen LogP contribution in [0.2, 0.25) is 0 Å². The van der Waals surface area contributed by atoms with Crippen LogP contribution in [0.5, 0.6) is 0 Å². The highest BCUT2D eigenvalue weighted by Crippen LogP contribution is 2.35. The van der Waals surface area contributed by atoms with E-state index in [9.17, 15) is 0 Å². The summed E-state index contributed by atoms with van der Waals surface area (Å²) in [4.78, 5) is 0. The average Bonchev–Trinajstić information content (AvgIpc) is 3.21. The van der Waals surface area contributed by atoms with Gasteiger partial charge in [-0.3, -0.25) is 4.68 Å². The molecule has 1 aliphatic rings. The number of rotatable bonds is 7. The molecule has 0 amide bonds. The van der Waals surface area contributed by atoms with E-state index in [1.807, 2.05) is 12.4 Å². The minimum absolute atomic E-state index is 0.121. The molecule has 1 atom stereocenters. The second-order valence-electron chi connectivity index (χ2n) is 6.00. The van der Waals surface area contributed by atoms with E-state index in [0.29, 0.717) is 12.6 Å². The molecule has 0 aliphatic heterocycles. The molecule has 4 heteroatoms. The minimum atomic E-state index is 0.121. The summed E-state index contributed by atoms with van der Waals surface area (Å²) in [5.74, 6) is 0.770. The number of hydrogen-bond acceptors (Lipinski definition) is 3. The SMILES string of the molecule is Cc1cccc(CC(Nc2cnn(CCO)c2)C2CC2)c1. The smallest absolute Gasteiger partial charge is 0.0728 e. The van der Waals surface area contributed by atoms with Gasteiger partial charge in [0.2, 0.25) is 0 Å². The summed E-state index contributed by atoms with van der Waals surface area (Å²) in [7, 11) is 0. The Bertz CT molecular complexity index is 589. The molecule has 0 spiro atoms. The van der Waals surface area contributed by atoms with Crippen LogP contribution >= 0.6 is 0 Å². The molecule has 112 valence electrons. The summed E-state index contributed by atoms with van der Waals surface area (Å²) in [6, 6.07) is 9.22. The van der Waals surface area contributed by atoms with E-state index < -0.39 is 0 Å². The Labute approximate surface area is 125 Å². The van der Waals surface area contributed by atoms with Gasteiger partial charge in [-0.05, 0) is 37.7 Å². The van der Waals surface area contributed by atoms with Crippen molar-refractivity contribution >= 4 is 5.69 Å². The van der Waals surface area contributed by atoms with Gasteiger partial charge in [0.15, 0.2) is 0 Å². The Morgan fingerprint density at radius 3 is 3.00 bits per heavy atom. The molecule has 1 heterocycles. The lowest BCUT2D eigenvalue weighted by molar-refractivity contribution is 0.269. The monoisotopic (exact) mass is 285 g/mol. The number of aliphatic hydroxyl groups is 1. The van der Waals surface area contributed by atoms with Gasteiger partial charge in [-0.1, -0.05) is 29.8 Å². The van der Waals surface area contributed by atoms with E-state index >= 15 is 0 Å². The van der Waals surface area contributed by atoms with Crippen molar-refractivity contribution in [3.05, 3.63) is 47.8 Å². The maximum Gasteiger partial charge on any atom is 0.0728 e. The standard InChI is InChI=1S/C17H23N3O/c1-13-3-2-4-14(9-13)10-17(15-5-6-15)19-16-11-18-20(12-16)7-8-21/h2-4,9,11-12,15,17,19,21H,5-8,10H2,1H3. The molecule has 1 aromatic carbocycles. The molecule has 0 radical (unpaired) electrons. The third-order valence-electron chi connectivity index (χ3n) is 4.04. The summed E-state index contributed by atoms with van der Waals surface area (Å²) in [5.41, 5.74) is 3.76. The van der Waals surface area contributed by atoms with Crippen molar-refractivity contribution in [2.75, 3.05) is 11.9 Å². The van der Waals surface area contributed by atoms with Gasteiger partial charge >= 0.3 is 0 Å². The molecule has 1 fully saturated rings. The first-order chi connectivity index (χ1) is 10.2. The zero-order chi connectivity index (χ0) is 14.7. The van der Waals surface area contributed by atoms with E-state index in [0.717, 1.165) is 18.0 Å². The van der Waals surface area contributed by atoms with Crippen molar-refractivity contribution < 1.29 is 5.11 Å². The molecule has 3 rings (SSSR count). The van der Waals surface area contributed by atoms with Crippen LogP contribution in [0, 0.1) is 12.8 Å². The fourth-order valence-electron chi connectivity index (χ4n) is 2.80. The van der Waals surface area contributed by atoms with E-state index in [2.05, 4.69) is 41.6 Å². The predicted molar refractivity (Wildman–Crippen MR) is 84.3 cm³/mol. The van der Waals surface area contributed by atoms with Crippen LogP contribution in [0.25, 0.3) is 0 Å². The summed E-state index contributed by atoms with van der Waals surface area (Å²) in [6.07, 6.45) is 7.50. The number of nitrogens with zero attached hydrogens (tertiary/aromatic N) is 2. The lowest BCUT2D eigenvalue weighted by Gasteiger charge is -2.18. The maximum absolute atomic E-state index is 8.95. The van der Waals surface area contributed by atoms with E-state index in [1.54, 1.807) is 4.68 Å². The number of anilines is 1. The molecule has 0 saturated heterocycles. The lowest BCUT2D eigenvalue weighted by Crippen LogP contribution is -2.24. The molecule has 4 nitrogen and oxygen atoms in total. The molecule has 1 aliphatic carbocycles. The Balaban J connectivity index is 1.66. The highest BCUT2D eigenvalue weighted by atomic mass is 16.3. The van der Waals surface area contributed by atoms with E-state index in [-0.39, 0.29) is 6.61 Å². The number of aromatic nitrogens is 2. The van der Waals surface area contributed by atoms with Crippen molar-refractivity contribution in [3.63, 3.8) is 0 Å². The quantitative estimate of drug-likeness (QED) is 0.822. The maximum atomic E-state index is 8.95. The Kier molecular flexibility index (Phi) is 4.25. The van der Waals surface area contributed by atoms with Crippen LogP contribution in [0.15, 0.2) is 36.7 Å². The van der Waals surface area contributed by atoms with Crippen molar-refractivity contribution in [2.45, 2.75) is 38.8 Å². The van der Waals surface area contributed by atoms with Gasteiger partial charge in [0.1, 0.15) is 0 Å². The normalized spacial score (nSPS) is 15.9. The Morgan fingerprint density at radius 1 is 1.43 bits per heavy atom. The van der Waals surface area contributed by atoms with Crippen LogP contribution in [-0.4, -0.2) is 27.5 Å². The number of aliphatic hydroxyl groups excluding tert-OH is 1. The second kappa shape index (κ2) is 6.31. The zero-order valence-electron chi connectivity index (χ0n) is 12.5. The summed E-state index contributed by atoms with van der Waals surface area (Å²) in [6.45, 7) is 2.81. The van der Waals surface area contributed by atoms with Crippen LogP contribution in [-0.2, 0) is 13.0 Å². The van der Waals surface area contributed by atoms with Gasteiger partial charge in [-0.2, -0.15) is 5.10 Å². The van der Waals surface area contributed by atoms with Crippen molar-refractivity contribution in [1.29, 1.82) is 0 Å². The molecule has 1 aromatic heterocycles. The highest BCUT2D eigenvalue weighted by Gasteiger charge is 2.31. The average molecular weight is 285 g/mol. The minimum Gasteiger partial charge on any atom is -0.394 e. The third kappa shape index (κ3) is 3.85. The first kappa shape index (κ1) is 14.1. The fraction of sp³-hybridized carbons (Fsp3) is 0.471. The van der Waals surface area contributed by atoms with Gasteiger partial charge in [0.25, 0.3) is 0 Å². The molecule has 1 saturated carbocycles. The van der Waals surface area contributed by atoms with Crippen LogP contribution in [0.4, 0.5) is 5.69 Å². The van der Waals surface area contributed by atoms with Crippen LogP contribution < -0.4 is 5.32 Å². The predicted octanol–water partition coefficient (Wildman–Crippen LogP) is 2.62. The first-order valence-corrected chi connectivity index (χ1v) is 7.70. The molecule has 0 bridgehead atoms. The molecule has 21 heavy (non-hydrogen) atoms.